The largest absolute Gasteiger partial charge is 0.454 e. The Labute approximate surface area is 110 Å². The van der Waals surface area contributed by atoms with Gasteiger partial charge in [0.15, 0.2) is 6.10 Å². The molecule has 0 bridgehead atoms. The van der Waals surface area contributed by atoms with Crippen LogP contribution in [0.5, 0.6) is 0 Å². The number of rotatable bonds is 5. The van der Waals surface area contributed by atoms with Crippen molar-refractivity contribution in [1.82, 2.24) is 5.32 Å². The smallest absolute Gasteiger partial charge is 0.303 e. The molecule has 0 amide bonds. The Kier molecular flexibility index (Phi) is 6.65. The van der Waals surface area contributed by atoms with Gasteiger partial charge in [0, 0.05) is 20.0 Å². The Balaban J connectivity index is 2.80. The lowest BCUT2D eigenvalue weighted by molar-refractivity contribution is -0.144. The minimum Gasteiger partial charge on any atom is -0.454 e. The standard InChI is InChI=1S/C14H24N2O2/c1-4-5-8-12(15-3)14(18-11(2)17)13-9-6-7-10-16-13/h5,8,13-14,16H,4,6-7,9-10H2,1-3H3/b8-5-,15-12?. The number of esters is 1. The molecule has 4 nitrogen and oxygen atoms in total. The number of carbonyl (C=O) groups is 1. The zero-order valence-electron chi connectivity index (χ0n) is 11.6. The lowest BCUT2D eigenvalue weighted by Crippen LogP contribution is -2.48. The van der Waals surface area contributed by atoms with E-state index in [0.717, 1.165) is 25.1 Å². The van der Waals surface area contributed by atoms with E-state index in [-0.39, 0.29) is 18.1 Å². The number of hydrogen-bond acceptors (Lipinski definition) is 4. The maximum atomic E-state index is 11.3. The van der Waals surface area contributed by atoms with Crippen molar-refractivity contribution in [2.45, 2.75) is 51.7 Å². The molecule has 1 rings (SSSR count). The van der Waals surface area contributed by atoms with E-state index in [1.165, 1.54) is 19.8 Å². The number of carbonyl (C=O) groups excluding carboxylic acids is 1. The molecule has 0 saturated carbocycles. The molecule has 1 N–H and O–H groups in total. The van der Waals surface area contributed by atoms with E-state index in [4.69, 9.17) is 4.74 Å². The van der Waals surface area contributed by atoms with Gasteiger partial charge in [-0.15, -0.1) is 0 Å². The van der Waals surface area contributed by atoms with Gasteiger partial charge in [0.2, 0.25) is 0 Å². The number of nitrogens with one attached hydrogen (secondary N) is 1. The summed E-state index contributed by atoms with van der Waals surface area (Å²) in [7, 11) is 1.74. The van der Waals surface area contributed by atoms with Crippen LogP contribution in [-0.4, -0.2) is 37.4 Å². The van der Waals surface area contributed by atoms with E-state index in [1.807, 2.05) is 12.2 Å². The maximum absolute atomic E-state index is 11.3. The van der Waals surface area contributed by atoms with E-state index in [2.05, 4.69) is 17.2 Å². The van der Waals surface area contributed by atoms with Crippen molar-refractivity contribution in [1.29, 1.82) is 0 Å². The van der Waals surface area contributed by atoms with E-state index >= 15 is 0 Å². The van der Waals surface area contributed by atoms with E-state index in [0.29, 0.717) is 0 Å². The first kappa shape index (κ1) is 14.9. The molecule has 18 heavy (non-hydrogen) atoms. The van der Waals surface area contributed by atoms with E-state index in [9.17, 15) is 4.79 Å². The third-order valence-electron chi connectivity index (χ3n) is 3.08. The minimum atomic E-state index is -0.268. The van der Waals surface area contributed by atoms with Gasteiger partial charge in [0.1, 0.15) is 0 Å². The molecule has 1 heterocycles. The molecule has 0 aromatic heterocycles. The molecule has 1 saturated heterocycles. The fourth-order valence-corrected chi connectivity index (χ4v) is 2.20. The second kappa shape index (κ2) is 8.03. The van der Waals surface area contributed by atoms with Gasteiger partial charge in [0.05, 0.1) is 5.71 Å². The molecule has 0 spiro atoms. The van der Waals surface area contributed by atoms with Crippen molar-refractivity contribution in [2.75, 3.05) is 13.6 Å². The normalized spacial score (nSPS) is 23.1. The van der Waals surface area contributed by atoms with Gasteiger partial charge < -0.3 is 10.1 Å². The van der Waals surface area contributed by atoms with Gasteiger partial charge >= 0.3 is 5.97 Å². The van der Waals surface area contributed by atoms with Gasteiger partial charge in [0.25, 0.3) is 0 Å². The van der Waals surface area contributed by atoms with Crippen LogP contribution in [0.15, 0.2) is 17.1 Å². The van der Waals surface area contributed by atoms with Gasteiger partial charge in [-0.05, 0) is 31.9 Å². The Morgan fingerprint density at radius 2 is 2.33 bits per heavy atom. The summed E-state index contributed by atoms with van der Waals surface area (Å²) in [5.74, 6) is -0.251. The van der Waals surface area contributed by atoms with Gasteiger partial charge in [-0.25, -0.2) is 0 Å². The zero-order valence-corrected chi connectivity index (χ0v) is 11.6. The van der Waals surface area contributed by atoms with Crippen LogP contribution in [0, 0.1) is 0 Å². The van der Waals surface area contributed by atoms with Crippen LogP contribution in [0.1, 0.15) is 39.5 Å². The first-order chi connectivity index (χ1) is 8.69. The minimum absolute atomic E-state index is 0.183. The fourth-order valence-electron chi connectivity index (χ4n) is 2.20. The van der Waals surface area contributed by atoms with Crippen LogP contribution in [-0.2, 0) is 9.53 Å². The summed E-state index contributed by atoms with van der Waals surface area (Å²) in [6, 6.07) is 0.183. The molecule has 1 aliphatic heterocycles. The number of allylic oxidation sites excluding steroid dienone is 1. The highest BCUT2D eigenvalue weighted by Gasteiger charge is 2.28. The first-order valence-corrected chi connectivity index (χ1v) is 6.72. The maximum Gasteiger partial charge on any atom is 0.303 e. The van der Waals surface area contributed by atoms with Crippen molar-refractivity contribution in [2.24, 2.45) is 4.99 Å². The van der Waals surface area contributed by atoms with Crippen LogP contribution in [0.4, 0.5) is 0 Å². The lowest BCUT2D eigenvalue weighted by Gasteiger charge is -2.30. The summed E-state index contributed by atoms with van der Waals surface area (Å²) >= 11 is 0. The van der Waals surface area contributed by atoms with Crippen LogP contribution in [0.25, 0.3) is 0 Å². The van der Waals surface area contributed by atoms with Crippen LogP contribution < -0.4 is 5.32 Å². The molecule has 0 aliphatic carbocycles. The number of nitrogens with zero attached hydrogens (tertiary/aromatic N) is 1. The highest BCUT2D eigenvalue weighted by atomic mass is 16.5. The summed E-state index contributed by atoms with van der Waals surface area (Å²) in [5, 5.41) is 3.42. The highest BCUT2D eigenvalue weighted by molar-refractivity contribution is 6.00. The molecule has 0 aromatic rings. The third-order valence-corrected chi connectivity index (χ3v) is 3.08. The first-order valence-electron chi connectivity index (χ1n) is 6.72. The van der Waals surface area contributed by atoms with Crippen LogP contribution >= 0.6 is 0 Å². The number of aliphatic imine (C=N–C) groups is 1. The molecule has 102 valence electrons. The summed E-state index contributed by atoms with van der Waals surface area (Å²) in [4.78, 5) is 15.5. The lowest BCUT2D eigenvalue weighted by atomic mass is 9.96. The SMILES string of the molecule is CC/C=C\C(=NC)C(OC(C)=O)C1CCCCN1. The van der Waals surface area contributed by atoms with Crippen LogP contribution in [0.2, 0.25) is 0 Å². The number of piperidine rings is 1. The van der Waals surface area contributed by atoms with E-state index < -0.39 is 0 Å². The van der Waals surface area contributed by atoms with Crippen molar-refractivity contribution in [3.8, 4) is 0 Å². The van der Waals surface area contributed by atoms with Gasteiger partial charge in [-0.1, -0.05) is 19.4 Å². The summed E-state index contributed by atoms with van der Waals surface area (Å²) < 4.78 is 5.46. The predicted octanol–water partition coefficient (Wildman–Crippen LogP) is 2.10. The Bertz CT molecular complexity index is 318. The second-order valence-corrected chi connectivity index (χ2v) is 4.55. The topological polar surface area (TPSA) is 50.7 Å². The molecule has 2 atom stereocenters. The molecule has 0 aromatic carbocycles. The Hall–Kier alpha value is -1.16. The third kappa shape index (κ3) is 4.61. The van der Waals surface area contributed by atoms with Gasteiger partial charge in [-0.3, -0.25) is 9.79 Å². The zero-order chi connectivity index (χ0) is 13.4. The van der Waals surface area contributed by atoms with Crippen molar-refractivity contribution in [3.63, 3.8) is 0 Å². The summed E-state index contributed by atoms with van der Waals surface area (Å²) in [6.45, 7) is 4.51. The molecule has 2 unspecified atom stereocenters. The van der Waals surface area contributed by atoms with Crippen molar-refractivity contribution < 1.29 is 9.53 Å². The average Bonchev–Trinajstić information content (AvgIpc) is 2.39. The van der Waals surface area contributed by atoms with Crippen LogP contribution in [0.3, 0.4) is 0 Å². The molecular weight excluding hydrogens is 228 g/mol. The highest BCUT2D eigenvalue weighted by Crippen LogP contribution is 2.15. The molecule has 1 aliphatic rings. The van der Waals surface area contributed by atoms with Crippen molar-refractivity contribution >= 4 is 11.7 Å². The summed E-state index contributed by atoms with van der Waals surface area (Å²) in [5.41, 5.74) is 0.839. The quantitative estimate of drug-likeness (QED) is 0.602. The molecule has 0 radical (unpaired) electrons. The number of hydrogen-bond donors (Lipinski definition) is 1. The van der Waals surface area contributed by atoms with E-state index in [1.54, 1.807) is 7.05 Å². The Morgan fingerprint density at radius 3 is 2.83 bits per heavy atom. The van der Waals surface area contributed by atoms with Crippen molar-refractivity contribution in [3.05, 3.63) is 12.2 Å². The monoisotopic (exact) mass is 252 g/mol. The Morgan fingerprint density at radius 1 is 1.56 bits per heavy atom. The molecule has 4 heteroatoms. The molecular formula is C14H24N2O2. The van der Waals surface area contributed by atoms with Gasteiger partial charge in [-0.2, -0.15) is 0 Å². The average molecular weight is 252 g/mol. The predicted molar refractivity (Wildman–Crippen MR) is 74.0 cm³/mol. The number of ether oxygens (including phenoxy) is 1. The fraction of sp³-hybridized carbons (Fsp3) is 0.714. The second-order valence-electron chi connectivity index (χ2n) is 4.55. The summed E-state index contributed by atoms with van der Waals surface area (Å²) in [6.07, 6.45) is 8.07. The molecule has 1 fully saturated rings.